The standard InChI is InChI=1S/C17H17FN4OS2/c1-22-16(12-4-6-13(18)7-5-12)20-21-17(22)25-11-15(23)19-9-8-14-3-2-10-24-14/h2-7,10H,8-9,11H2,1H3,(H,19,23). The largest absolute Gasteiger partial charge is 0.355 e. The van der Waals surface area contributed by atoms with Gasteiger partial charge in [-0.2, -0.15) is 0 Å². The van der Waals surface area contributed by atoms with Crippen molar-refractivity contribution >= 4 is 29.0 Å². The van der Waals surface area contributed by atoms with Gasteiger partial charge in [-0.05, 0) is 42.1 Å². The van der Waals surface area contributed by atoms with Gasteiger partial charge in [-0.15, -0.1) is 21.5 Å². The fraction of sp³-hybridized carbons (Fsp3) is 0.235. The number of benzene rings is 1. The molecule has 0 saturated carbocycles. The van der Waals surface area contributed by atoms with Crippen molar-refractivity contribution in [2.24, 2.45) is 7.05 Å². The second-order valence-electron chi connectivity index (χ2n) is 5.34. The van der Waals surface area contributed by atoms with E-state index in [2.05, 4.69) is 21.6 Å². The lowest BCUT2D eigenvalue weighted by molar-refractivity contribution is -0.118. The number of amides is 1. The van der Waals surface area contributed by atoms with Crippen molar-refractivity contribution in [1.82, 2.24) is 20.1 Å². The molecule has 0 fully saturated rings. The maximum absolute atomic E-state index is 13.0. The van der Waals surface area contributed by atoms with Gasteiger partial charge in [0.15, 0.2) is 11.0 Å². The molecule has 3 rings (SSSR count). The zero-order chi connectivity index (χ0) is 17.6. The molecule has 0 saturated heterocycles. The minimum absolute atomic E-state index is 0.0344. The average molecular weight is 376 g/mol. The minimum atomic E-state index is -0.292. The quantitative estimate of drug-likeness (QED) is 0.644. The molecule has 0 unspecified atom stereocenters. The van der Waals surface area contributed by atoms with Crippen LogP contribution in [-0.2, 0) is 18.3 Å². The number of carbonyl (C=O) groups is 1. The topological polar surface area (TPSA) is 59.8 Å². The highest BCUT2D eigenvalue weighted by atomic mass is 32.2. The van der Waals surface area contributed by atoms with Crippen molar-refractivity contribution in [2.75, 3.05) is 12.3 Å². The Morgan fingerprint density at radius 3 is 2.80 bits per heavy atom. The van der Waals surface area contributed by atoms with Gasteiger partial charge in [0, 0.05) is 24.0 Å². The minimum Gasteiger partial charge on any atom is -0.355 e. The van der Waals surface area contributed by atoms with Crippen molar-refractivity contribution in [1.29, 1.82) is 0 Å². The molecule has 0 spiro atoms. The van der Waals surface area contributed by atoms with Crippen LogP contribution in [0.2, 0.25) is 0 Å². The van der Waals surface area contributed by atoms with Crippen LogP contribution in [-0.4, -0.2) is 33.0 Å². The Balaban J connectivity index is 1.51. The average Bonchev–Trinajstić information content (AvgIpc) is 3.24. The summed E-state index contributed by atoms with van der Waals surface area (Å²) in [5.41, 5.74) is 0.781. The number of aromatic nitrogens is 3. The second-order valence-corrected chi connectivity index (χ2v) is 7.31. The Kier molecular flexibility index (Phi) is 5.83. The molecular weight excluding hydrogens is 359 g/mol. The Morgan fingerprint density at radius 1 is 1.28 bits per heavy atom. The number of hydrogen-bond donors (Lipinski definition) is 1. The first-order chi connectivity index (χ1) is 12.1. The Bertz CT molecular complexity index is 831. The Hall–Kier alpha value is -2.19. The fourth-order valence-electron chi connectivity index (χ4n) is 2.25. The number of hydrogen-bond acceptors (Lipinski definition) is 5. The van der Waals surface area contributed by atoms with Gasteiger partial charge < -0.3 is 9.88 Å². The maximum Gasteiger partial charge on any atom is 0.230 e. The van der Waals surface area contributed by atoms with E-state index in [0.29, 0.717) is 17.5 Å². The number of thioether (sulfide) groups is 1. The van der Waals surface area contributed by atoms with Gasteiger partial charge >= 0.3 is 0 Å². The predicted molar refractivity (Wildman–Crippen MR) is 98.2 cm³/mol. The molecule has 0 radical (unpaired) electrons. The summed E-state index contributed by atoms with van der Waals surface area (Å²) in [6.07, 6.45) is 0.840. The second kappa shape index (κ2) is 8.26. The molecule has 2 aromatic heterocycles. The van der Waals surface area contributed by atoms with Gasteiger partial charge in [0.25, 0.3) is 0 Å². The molecule has 0 aliphatic heterocycles. The first-order valence-electron chi connectivity index (χ1n) is 7.70. The predicted octanol–water partition coefficient (Wildman–Crippen LogP) is 3.13. The number of nitrogens with one attached hydrogen (secondary N) is 1. The van der Waals surface area contributed by atoms with E-state index >= 15 is 0 Å². The number of rotatable bonds is 7. The van der Waals surface area contributed by atoms with Crippen molar-refractivity contribution < 1.29 is 9.18 Å². The molecule has 0 aliphatic carbocycles. The van der Waals surface area contributed by atoms with Crippen LogP contribution in [0, 0.1) is 5.82 Å². The molecule has 3 aromatic rings. The van der Waals surface area contributed by atoms with Crippen LogP contribution in [0.5, 0.6) is 0 Å². The molecular formula is C17H17FN4OS2. The first-order valence-corrected chi connectivity index (χ1v) is 9.57. The lowest BCUT2D eigenvalue weighted by Crippen LogP contribution is -2.27. The SMILES string of the molecule is Cn1c(SCC(=O)NCCc2cccs2)nnc1-c1ccc(F)cc1. The highest BCUT2D eigenvalue weighted by Crippen LogP contribution is 2.22. The van der Waals surface area contributed by atoms with Gasteiger partial charge in [0.2, 0.25) is 5.91 Å². The molecule has 0 aliphatic rings. The van der Waals surface area contributed by atoms with Gasteiger partial charge in [-0.1, -0.05) is 17.8 Å². The van der Waals surface area contributed by atoms with Crippen molar-refractivity contribution in [3.05, 3.63) is 52.5 Å². The van der Waals surface area contributed by atoms with E-state index in [-0.39, 0.29) is 17.5 Å². The van der Waals surface area contributed by atoms with Crippen LogP contribution in [0.25, 0.3) is 11.4 Å². The van der Waals surface area contributed by atoms with E-state index in [1.54, 1.807) is 28.0 Å². The lowest BCUT2D eigenvalue weighted by atomic mass is 10.2. The van der Waals surface area contributed by atoms with Crippen LogP contribution < -0.4 is 5.32 Å². The number of thiophene rings is 1. The summed E-state index contributed by atoms with van der Waals surface area (Å²) in [7, 11) is 1.83. The van der Waals surface area contributed by atoms with E-state index in [1.807, 2.05) is 18.5 Å². The summed E-state index contributed by atoms with van der Waals surface area (Å²) in [6.45, 7) is 0.625. The van der Waals surface area contributed by atoms with E-state index in [1.165, 1.54) is 28.8 Å². The highest BCUT2D eigenvalue weighted by molar-refractivity contribution is 7.99. The van der Waals surface area contributed by atoms with Gasteiger partial charge in [0.05, 0.1) is 5.75 Å². The van der Waals surface area contributed by atoms with Crippen LogP contribution >= 0.6 is 23.1 Å². The molecule has 1 N–H and O–H groups in total. The van der Waals surface area contributed by atoms with Gasteiger partial charge in [-0.25, -0.2) is 4.39 Å². The summed E-state index contributed by atoms with van der Waals surface area (Å²) in [4.78, 5) is 13.2. The zero-order valence-corrected chi connectivity index (χ0v) is 15.2. The fourth-order valence-corrected chi connectivity index (χ4v) is 3.70. The summed E-state index contributed by atoms with van der Waals surface area (Å²) in [6, 6.07) is 10.2. The third-order valence-corrected chi connectivity index (χ3v) is 5.50. The van der Waals surface area contributed by atoms with Crippen molar-refractivity contribution in [2.45, 2.75) is 11.6 Å². The number of nitrogens with zero attached hydrogens (tertiary/aromatic N) is 3. The summed E-state index contributed by atoms with van der Waals surface area (Å²) in [5.74, 6) is 0.591. The summed E-state index contributed by atoms with van der Waals surface area (Å²) in [5, 5.41) is 13.8. The van der Waals surface area contributed by atoms with E-state index in [4.69, 9.17) is 0 Å². The third kappa shape index (κ3) is 4.67. The van der Waals surface area contributed by atoms with E-state index < -0.39 is 0 Å². The summed E-state index contributed by atoms with van der Waals surface area (Å²) < 4.78 is 14.8. The molecule has 8 heteroatoms. The molecule has 0 bridgehead atoms. The van der Waals surface area contributed by atoms with Gasteiger partial charge in [-0.3, -0.25) is 4.79 Å². The molecule has 25 heavy (non-hydrogen) atoms. The first kappa shape index (κ1) is 17.6. The van der Waals surface area contributed by atoms with Gasteiger partial charge in [0.1, 0.15) is 5.82 Å². The van der Waals surface area contributed by atoms with Crippen molar-refractivity contribution in [3.8, 4) is 11.4 Å². The van der Waals surface area contributed by atoms with Crippen molar-refractivity contribution in [3.63, 3.8) is 0 Å². The zero-order valence-electron chi connectivity index (χ0n) is 13.6. The Morgan fingerprint density at radius 2 is 2.08 bits per heavy atom. The van der Waals surface area contributed by atoms with Crippen LogP contribution in [0.15, 0.2) is 46.9 Å². The van der Waals surface area contributed by atoms with Crippen LogP contribution in [0.4, 0.5) is 4.39 Å². The van der Waals surface area contributed by atoms with Crippen LogP contribution in [0.1, 0.15) is 4.88 Å². The summed E-state index contributed by atoms with van der Waals surface area (Å²) >= 11 is 3.01. The third-order valence-electron chi connectivity index (χ3n) is 3.54. The molecule has 0 atom stereocenters. The van der Waals surface area contributed by atoms with Crippen LogP contribution in [0.3, 0.4) is 0 Å². The lowest BCUT2D eigenvalue weighted by Gasteiger charge is -2.05. The smallest absolute Gasteiger partial charge is 0.230 e. The highest BCUT2D eigenvalue weighted by Gasteiger charge is 2.13. The number of carbonyl (C=O) groups excluding carboxylic acids is 1. The van der Waals surface area contributed by atoms with E-state index in [9.17, 15) is 9.18 Å². The Labute approximate surface area is 153 Å². The molecule has 130 valence electrons. The normalized spacial score (nSPS) is 10.8. The molecule has 5 nitrogen and oxygen atoms in total. The van der Waals surface area contributed by atoms with E-state index in [0.717, 1.165) is 12.0 Å². The monoisotopic (exact) mass is 376 g/mol. The molecule has 1 aromatic carbocycles. The molecule has 1 amide bonds. The number of halogens is 1. The molecule has 2 heterocycles. The maximum atomic E-state index is 13.0.